The van der Waals surface area contributed by atoms with E-state index in [1.165, 1.54) is 14.2 Å². The molecule has 0 saturated heterocycles. The molecule has 4 nitrogen and oxygen atoms in total. The number of hydrogen-bond donors (Lipinski definition) is 2. The van der Waals surface area contributed by atoms with Gasteiger partial charge in [-0.1, -0.05) is 25.4 Å². The van der Waals surface area contributed by atoms with Crippen molar-refractivity contribution in [3.63, 3.8) is 0 Å². The second-order valence-electron chi connectivity index (χ2n) is 4.37. The standard InChI is InChI=1S/C13H18ClNO3S/c1-7(2)12(19)13(16)15-9-6-10(17-3)8(14)5-11(9)18-4/h5-7,12,19H,1-4H3,(H,15,16). The highest BCUT2D eigenvalue weighted by Crippen LogP contribution is 2.36. The predicted octanol–water partition coefficient (Wildman–Crippen LogP) is 3.25. The number of carbonyl (C=O) groups is 1. The van der Waals surface area contributed by atoms with Crippen LogP contribution in [0.3, 0.4) is 0 Å². The van der Waals surface area contributed by atoms with E-state index in [4.69, 9.17) is 21.1 Å². The molecule has 0 aromatic heterocycles. The second kappa shape index (κ2) is 6.91. The van der Waals surface area contributed by atoms with Crippen molar-refractivity contribution in [1.82, 2.24) is 0 Å². The van der Waals surface area contributed by atoms with Gasteiger partial charge in [0.05, 0.1) is 30.2 Å². The molecule has 0 aliphatic heterocycles. The molecule has 0 fully saturated rings. The lowest BCUT2D eigenvalue weighted by molar-refractivity contribution is -0.116. The van der Waals surface area contributed by atoms with Crippen LogP contribution in [0.1, 0.15) is 13.8 Å². The van der Waals surface area contributed by atoms with Gasteiger partial charge >= 0.3 is 0 Å². The van der Waals surface area contributed by atoms with Crippen LogP contribution < -0.4 is 14.8 Å². The molecular weight excluding hydrogens is 286 g/mol. The molecule has 6 heteroatoms. The molecule has 1 aromatic carbocycles. The van der Waals surface area contributed by atoms with Gasteiger partial charge in [0.2, 0.25) is 5.91 Å². The number of rotatable bonds is 5. The Labute approximate surface area is 123 Å². The van der Waals surface area contributed by atoms with Crippen LogP contribution in [0.15, 0.2) is 12.1 Å². The summed E-state index contributed by atoms with van der Waals surface area (Å²) < 4.78 is 10.3. The summed E-state index contributed by atoms with van der Waals surface area (Å²) in [5.74, 6) is 0.881. The van der Waals surface area contributed by atoms with Gasteiger partial charge in [0, 0.05) is 12.1 Å². The van der Waals surface area contributed by atoms with Crippen LogP contribution in [-0.4, -0.2) is 25.4 Å². The molecule has 1 unspecified atom stereocenters. The molecule has 19 heavy (non-hydrogen) atoms. The van der Waals surface area contributed by atoms with Crippen LogP contribution in [-0.2, 0) is 4.79 Å². The van der Waals surface area contributed by atoms with Gasteiger partial charge in [-0.25, -0.2) is 0 Å². The largest absolute Gasteiger partial charge is 0.495 e. The molecular formula is C13H18ClNO3S. The second-order valence-corrected chi connectivity index (χ2v) is 5.33. The van der Waals surface area contributed by atoms with Gasteiger partial charge in [-0.3, -0.25) is 4.79 Å². The molecule has 1 amide bonds. The van der Waals surface area contributed by atoms with E-state index in [2.05, 4.69) is 17.9 Å². The first-order valence-corrected chi connectivity index (χ1v) is 6.70. The number of halogens is 1. The van der Waals surface area contributed by atoms with Crippen LogP contribution in [0.4, 0.5) is 5.69 Å². The lowest BCUT2D eigenvalue weighted by Gasteiger charge is -2.17. The van der Waals surface area contributed by atoms with Gasteiger partial charge in [0.25, 0.3) is 0 Å². The van der Waals surface area contributed by atoms with Crippen molar-refractivity contribution in [2.45, 2.75) is 19.1 Å². The highest BCUT2D eigenvalue weighted by atomic mass is 35.5. The minimum Gasteiger partial charge on any atom is -0.495 e. The number of methoxy groups -OCH3 is 2. The zero-order chi connectivity index (χ0) is 14.6. The minimum atomic E-state index is -0.397. The van der Waals surface area contributed by atoms with Crippen molar-refractivity contribution in [3.8, 4) is 11.5 Å². The number of amides is 1. The zero-order valence-electron chi connectivity index (χ0n) is 11.4. The average Bonchev–Trinajstić information content (AvgIpc) is 2.38. The third-order valence-corrected chi connectivity index (χ3v) is 3.76. The number of anilines is 1. The molecule has 1 rings (SSSR count). The minimum absolute atomic E-state index is 0.128. The first kappa shape index (κ1) is 16.0. The van der Waals surface area contributed by atoms with E-state index >= 15 is 0 Å². The molecule has 0 saturated carbocycles. The number of carbonyl (C=O) groups excluding carboxylic acids is 1. The molecule has 0 aliphatic carbocycles. The fraction of sp³-hybridized carbons (Fsp3) is 0.462. The molecule has 0 aliphatic rings. The van der Waals surface area contributed by atoms with Gasteiger partial charge in [0.15, 0.2) is 0 Å². The Morgan fingerprint density at radius 1 is 1.26 bits per heavy atom. The maximum Gasteiger partial charge on any atom is 0.237 e. The SMILES string of the molecule is COc1cc(NC(=O)C(S)C(C)C)c(OC)cc1Cl. The van der Waals surface area contributed by atoms with E-state index in [0.29, 0.717) is 22.2 Å². The van der Waals surface area contributed by atoms with E-state index in [0.717, 1.165) is 0 Å². The zero-order valence-corrected chi connectivity index (χ0v) is 13.0. The van der Waals surface area contributed by atoms with E-state index in [9.17, 15) is 4.79 Å². The summed E-state index contributed by atoms with van der Waals surface area (Å²) in [4.78, 5) is 12.0. The Bertz CT molecular complexity index is 465. The maximum absolute atomic E-state index is 12.0. The van der Waals surface area contributed by atoms with E-state index in [-0.39, 0.29) is 11.8 Å². The van der Waals surface area contributed by atoms with E-state index < -0.39 is 5.25 Å². The van der Waals surface area contributed by atoms with Gasteiger partial charge in [-0.15, -0.1) is 0 Å². The molecule has 1 atom stereocenters. The molecule has 0 spiro atoms. The molecule has 1 N–H and O–H groups in total. The lowest BCUT2D eigenvalue weighted by atomic mass is 10.1. The highest BCUT2D eigenvalue weighted by molar-refractivity contribution is 7.81. The van der Waals surface area contributed by atoms with Crippen molar-refractivity contribution >= 4 is 35.8 Å². The van der Waals surface area contributed by atoms with Crippen LogP contribution >= 0.6 is 24.2 Å². The number of hydrogen-bond acceptors (Lipinski definition) is 4. The summed E-state index contributed by atoms with van der Waals surface area (Å²) in [6.07, 6.45) is 0. The monoisotopic (exact) mass is 303 g/mol. The molecule has 0 radical (unpaired) electrons. The lowest BCUT2D eigenvalue weighted by Crippen LogP contribution is -2.27. The van der Waals surface area contributed by atoms with Gasteiger partial charge in [-0.2, -0.15) is 12.6 Å². The topological polar surface area (TPSA) is 47.6 Å². The Morgan fingerprint density at radius 3 is 2.32 bits per heavy atom. The number of benzene rings is 1. The fourth-order valence-electron chi connectivity index (χ4n) is 1.47. The summed E-state index contributed by atoms with van der Waals surface area (Å²) in [5.41, 5.74) is 0.508. The van der Waals surface area contributed by atoms with Crippen molar-refractivity contribution in [3.05, 3.63) is 17.2 Å². The Kier molecular flexibility index (Phi) is 5.82. The molecule has 0 bridgehead atoms. The Balaban J connectivity index is 3.02. The summed E-state index contributed by atoms with van der Waals surface area (Å²) >= 11 is 10.3. The fourth-order valence-corrected chi connectivity index (χ4v) is 1.76. The third-order valence-electron chi connectivity index (χ3n) is 2.63. The molecule has 1 aromatic rings. The summed E-state index contributed by atoms with van der Waals surface area (Å²) in [5, 5.41) is 2.79. The summed E-state index contributed by atoms with van der Waals surface area (Å²) in [7, 11) is 3.02. The average molecular weight is 304 g/mol. The van der Waals surface area contributed by atoms with E-state index in [1.54, 1.807) is 12.1 Å². The molecule has 0 heterocycles. The van der Waals surface area contributed by atoms with E-state index in [1.807, 2.05) is 13.8 Å². The van der Waals surface area contributed by atoms with Gasteiger partial charge in [-0.05, 0) is 5.92 Å². The van der Waals surface area contributed by atoms with Crippen LogP contribution in [0.2, 0.25) is 5.02 Å². The normalized spacial score (nSPS) is 12.2. The Hall–Kier alpha value is -1.07. The number of ether oxygens (including phenoxy) is 2. The summed E-state index contributed by atoms with van der Waals surface area (Å²) in [6.45, 7) is 3.86. The van der Waals surface area contributed by atoms with Gasteiger partial charge < -0.3 is 14.8 Å². The number of nitrogens with one attached hydrogen (secondary N) is 1. The first-order chi connectivity index (χ1) is 8.90. The maximum atomic E-state index is 12.0. The smallest absolute Gasteiger partial charge is 0.237 e. The van der Waals surface area contributed by atoms with Crippen molar-refractivity contribution in [2.75, 3.05) is 19.5 Å². The van der Waals surface area contributed by atoms with Crippen LogP contribution in [0.25, 0.3) is 0 Å². The Morgan fingerprint density at radius 2 is 1.84 bits per heavy atom. The van der Waals surface area contributed by atoms with Crippen LogP contribution in [0, 0.1) is 5.92 Å². The van der Waals surface area contributed by atoms with Crippen molar-refractivity contribution in [2.24, 2.45) is 5.92 Å². The van der Waals surface area contributed by atoms with Crippen molar-refractivity contribution < 1.29 is 14.3 Å². The predicted molar refractivity (Wildman–Crippen MR) is 80.8 cm³/mol. The molecule has 106 valence electrons. The highest BCUT2D eigenvalue weighted by Gasteiger charge is 2.20. The number of thiol groups is 1. The quantitative estimate of drug-likeness (QED) is 0.821. The van der Waals surface area contributed by atoms with Crippen LogP contribution in [0.5, 0.6) is 11.5 Å². The van der Waals surface area contributed by atoms with Crippen molar-refractivity contribution in [1.29, 1.82) is 0 Å². The van der Waals surface area contributed by atoms with Gasteiger partial charge in [0.1, 0.15) is 11.5 Å². The summed E-state index contributed by atoms with van der Waals surface area (Å²) in [6, 6.07) is 3.22. The first-order valence-electron chi connectivity index (χ1n) is 5.81. The third kappa shape index (κ3) is 3.94.